The van der Waals surface area contributed by atoms with Crippen LogP contribution in [0.25, 0.3) is 0 Å². The van der Waals surface area contributed by atoms with E-state index in [1.807, 2.05) is 24.3 Å². The van der Waals surface area contributed by atoms with Gasteiger partial charge in [0.05, 0.1) is 6.42 Å². The maximum absolute atomic E-state index is 11.9. The van der Waals surface area contributed by atoms with E-state index >= 15 is 0 Å². The van der Waals surface area contributed by atoms with Gasteiger partial charge in [-0.3, -0.25) is 9.78 Å². The lowest BCUT2D eigenvalue weighted by molar-refractivity contribution is -0.120. The van der Waals surface area contributed by atoms with Crippen LogP contribution in [0.2, 0.25) is 0 Å². The fourth-order valence-corrected chi connectivity index (χ4v) is 2.22. The van der Waals surface area contributed by atoms with Crippen molar-refractivity contribution in [3.05, 3.63) is 65.5 Å². The van der Waals surface area contributed by atoms with Crippen molar-refractivity contribution in [2.24, 2.45) is 5.73 Å². The number of nitrogens with one attached hydrogen (secondary N) is 1. The van der Waals surface area contributed by atoms with Gasteiger partial charge in [-0.05, 0) is 28.7 Å². The molecule has 0 aliphatic carbocycles. The van der Waals surface area contributed by atoms with Crippen LogP contribution in [-0.4, -0.2) is 17.4 Å². The second kappa shape index (κ2) is 7.71. The van der Waals surface area contributed by atoms with Crippen LogP contribution in [0.1, 0.15) is 42.5 Å². The monoisotopic (exact) mass is 297 g/mol. The lowest BCUT2D eigenvalue weighted by Crippen LogP contribution is -2.32. The van der Waals surface area contributed by atoms with E-state index in [2.05, 4.69) is 36.3 Å². The molecule has 1 aromatic heterocycles. The van der Waals surface area contributed by atoms with E-state index < -0.39 is 0 Å². The Labute approximate surface area is 131 Å². The van der Waals surface area contributed by atoms with Gasteiger partial charge in [-0.25, -0.2) is 0 Å². The number of hydrogen-bond acceptors (Lipinski definition) is 3. The molecule has 3 N–H and O–H groups in total. The average Bonchev–Trinajstić information content (AvgIpc) is 2.53. The highest BCUT2D eigenvalue weighted by atomic mass is 16.1. The Kier molecular flexibility index (Phi) is 5.67. The van der Waals surface area contributed by atoms with E-state index in [4.69, 9.17) is 5.73 Å². The summed E-state index contributed by atoms with van der Waals surface area (Å²) in [6.45, 7) is 4.75. The molecule has 0 radical (unpaired) electrons. The summed E-state index contributed by atoms with van der Waals surface area (Å²) in [5.41, 5.74) is 9.36. The Morgan fingerprint density at radius 2 is 1.86 bits per heavy atom. The van der Waals surface area contributed by atoms with Gasteiger partial charge in [-0.2, -0.15) is 0 Å². The molecule has 0 saturated carbocycles. The Morgan fingerprint density at radius 1 is 1.18 bits per heavy atom. The highest BCUT2D eigenvalue weighted by Crippen LogP contribution is 2.17. The summed E-state index contributed by atoms with van der Waals surface area (Å²) in [6, 6.07) is 11.8. The van der Waals surface area contributed by atoms with E-state index in [1.165, 1.54) is 5.56 Å². The van der Waals surface area contributed by atoms with Crippen LogP contribution < -0.4 is 11.1 Å². The number of amides is 1. The Balaban J connectivity index is 1.84. The second-order valence-corrected chi connectivity index (χ2v) is 5.77. The molecule has 1 atom stereocenters. The number of carbonyl (C=O) groups excluding carboxylic acids is 1. The van der Waals surface area contributed by atoms with E-state index in [9.17, 15) is 4.79 Å². The third-order valence-electron chi connectivity index (χ3n) is 3.64. The molecule has 1 heterocycles. The quantitative estimate of drug-likeness (QED) is 0.861. The van der Waals surface area contributed by atoms with Crippen molar-refractivity contribution in [2.45, 2.75) is 32.2 Å². The first-order valence-electron chi connectivity index (χ1n) is 7.57. The number of hydrogen-bond donors (Lipinski definition) is 2. The van der Waals surface area contributed by atoms with Gasteiger partial charge in [-0.1, -0.05) is 44.2 Å². The number of aromatic nitrogens is 1. The highest BCUT2D eigenvalue weighted by Gasteiger charge is 2.09. The third-order valence-corrected chi connectivity index (χ3v) is 3.64. The summed E-state index contributed by atoms with van der Waals surface area (Å²) in [6.07, 6.45) is 3.72. The summed E-state index contributed by atoms with van der Waals surface area (Å²) in [5, 5.41) is 2.88. The number of benzene rings is 1. The summed E-state index contributed by atoms with van der Waals surface area (Å²) in [4.78, 5) is 15.9. The van der Waals surface area contributed by atoms with Crippen molar-refractivity contribution in [1.82, 2.24) is 10.3 Å². The van der Waals surface area contributed by atoms with Gasteiger partial charge in [0, 0.05) is 25.0 Å². The number of pyridine rings is 1. The van der Waals surface area contributed by atoms with Crippen molar-refractivity contribution < 1.29 is 4.79 Å². The second-order valence-electron chi connectivity index (χ2n) is 5.77. The number of rotatable bonds is 6. The molecule has 0 aliphatic heterocycles. The normalized spacial score (nSPS) is 12.2. The van der Waals surface area contributed by atoms with Crippen molar-refractivity contribution in [3.63, 3.8) is 0 Å². The summed E-state index contributed by atoms with van der Waals surface area (Å²) in [5.74, 6) is 0.465. The van der Waals surface area contributed by atoms with Crippen molar-refractivity contribution >= 4 is 5.91 Å². The predicted molar refractivity (Wildman–Crippen MR) is 88.4 cm³/mol. The maximum Gasteiger partial charge on any atom is 0.224 e. The summed E-state index contributed by atoms with van der Waals surface area (Å²) in [7, 11) is 0. The van der Waals surface area contributed by atoms with E-state index in [1.54, 1.807) is 12.4 Å². The summed E-state index contributed by atoms with van der Waals surface area (Å²) < 4.78 is 0. The molecule has 1 amide bonds. The first-order chi connectivity index (χ1) is 10.6. The van der Waals surface area contributed by atoms with Crippen molar-refractivity contribution in [3.8, 4) is 0 Å². The zero-order valence-corrected chi connectivity index (χ0v) is 13.1. The van der Waals surface area contributed by atoms with Gasteiger partial charge < -0.3 is 11.1 Å². The fraction of sp³-hybridized carbons (Fsp3) is 0.333. The van der Waals surface area contributed by atoms with Gasteiger partial charge in [0.25, 0.3) is 0 Å². The highest BCUT2D eigenvalue weighted by molar-refractivity contribution is 5.78. The topological polar surface area (TPSA) is 68.0 Å². The molecule has 0 spiro atoms. The zero-order chi connectivity index (χ0) is 15.9. The molecule has 1 aromatic carbocycles. The molecule has 2 aromatic rings. The molecule has 0 saturated heterocycles. The largest absolute Gasteiger partial charge is 0.354 e. The molecule has 22 heavy (non-hydrogen) atoms. The average molecular weight is 297 g/mol. The first kappa shape index (κ1) is 16.2. The molecule has 116 valence electrons. The molecule has 2 rings (SSSR count). The van der Waals surface area contributed by atoms with E-state index in [-0.39, 0.29) is 11.9 Å². The minimum atomic E-state index is -0.195. The van der Waals surface area contributed by atoms with Gasteiger partial charge >= 0.3 is 0 Å². The lowest BCUT2D eigenvalue weighted by atomic mass is 9.99. The van der Waals surface area contributed by atoms with E-state index in [0.717, 1.165) is 11.1 Å². The van der Waals surface area contributed by atoms with Crippen LogP contribution in [0, 0.1) is 0 Å². The predicted octanol–water partition coefficient (Wildman–Crippen LogP) is 2.56. The smallest absolute Gasteiger partial charge is 0.224 e. The number of nitrogens with two attached hydrogens (primary N) is 1. The maximum atomic E-state index is 11.9. The third kappa shape index (κ3) is 4.67. The minimum Gasteiger partial charge on any atom is -0.354 e. The SMILES string of the molecule is CC(C)c1ccc(C(N)CNC(=O)Cc2cccnc2)cc1. The lowest BCUT2D eigenvalue weighted by Gasteiger charge is -2.14. The molecule has 4 nitrogen and oxygen atoms in total. The Hall–Kier alpha value is -2.20. The Morgan fingerprint density at radius 3 is 2.45 bits per heavy atom. The minimum absolute atomic E-state index is 0.0396. The van der Waals surface area contributed by atoms with Crippen molar-refractivity contribution in [2.75, 3.05) is 6.54 Å². The molecule has 0 fully saturated rings. The standard InChI is InChI=1S/C18H23N3O/c1-13(2)15-5-7-16(8-6-15)17(19)12-21-18(22)10-14-4-3-9-20-11-14/h3-9,11,13,17H,10,12,19H2,1-2H3,(H,21,22). The van der Waals surface area contributed by atoms with Crippen LogP contribution in [-0.2, 0) is 11.2 Å². The van der Waals surface area contributed by atoms with Crippen LogP contribution >= 0.6 is 0 Å². The molecule has 4 heteroatoms. The van der Waals surface area contributed by atoms with Crippen LogP contribution in [0.15, 0.2) is 48.8 Å². The van der Waals surface area contributed by atoms with Gasteiger partial charge in [0.1, 0.15) is 0 Å². The number of carbonyl (C=O) groups is 1. The van der Waals surface area contributed by atoms with E-state index in [0.29, 0.717) is 18.9 Å². The van der Waals surface area contributed by atoms with Gasteiger partial charge in [0.2, 0.25) is 5.91 Å². The fourth-order valence-electron chi connectivity index (χ4n) is 2.22. The zero-order valence-electron chi connectivity index (χ0n) is 13.1. The Bertz CT molecular complexity index is 593. The van der Waals surface area contributed by atoms with Gasteiger partial charge in [-0.15, -0.1) is 0 Å². The van der Waals surface area contributed by atoms with Gasteiger partial charge in [0.15, 0.2) is 0 Å². The molecular formula is C18H23N3O. The number of nitrogens with zero attached hydrogens (tertiary/aromatic N) is 1. The molecule has 1 unspecified atom stereocenters. The van der Waals surface area contributed by atoms with Crippen molar-refractivity contribution in [1.29, 1.82) is 0 Å². The first-order valence-corrected chi connectivity index (χ1v) is 7.57. The molecular weight excluding hydrogens is 274 g/mol. The van der Waals surface area contributed by atoms with Crippen LogP contribution in [0.4, 0.5) is 0 Å². The summed E-state index contributed by atoms with van der Waals surface area (Å²) >= 11 is 0. The molecule has 0 bridgehead atoms. The van der Waals surface area contributed by atoms with Crippen LogP contribution in [0.5, 0.6) is 0 Å². The van der Waals surface area contributed by atoms with Crippen LogP contribution in [0.3, 0.4) is 0 Å². The molecule has 0 aliphatic rings.